The van der Waals surface area contributed by atoms with Crippen LogP contribution in [-0.4, -0.2) is 15.5 Å². The Hall–Kier alpha value is -5.52. The number of thiophene rings is 1. The molecule has 1 atom stereocenters. The van der Waals surface area contributed by atoms with Crippen LogP contribution >= 0.6 is 11.3 Å². The third kappa shape index (κ3) is 3.22. The number of fused-ring (bicyclic) bond motifs is 13. The second kappa shape index (κ2) is 8.99. The first-order chi connectivity index (χ1) is 21.8. The highest BCUT2D eigenvalue weighted by Crippen LogP contribution is 2.48. The molecule has 0 aliphatic carbocycles. The number of nitrogens with zero attached hydrogens (tertiary/aromatic N) is 3. The third-order valence-electron chi connectivity index (χ3n) is 9.08. The minimum absolute atomic E-state index is 0.118. The summed E-state index contributed by atoms with van der Waals surface area (Å²) < 4.78 is 4.97. The summed E-state index contributed by atoms with van der Waals surface area (Å²) in [6.45, 7) is 0. The first kappa shape index (κ1) is 24.0. The molecule has 10 rings (SSSR count). The lowest BCUT2D eigenvalue weighted by molar-refractivity contribution is 0.706. The summed E-state index contributed by atoms with van der Waals surface area (Å²) in [6.07, 6.45) is 1.85. The van der Waals surface area contributed by atoms with Gasteiger partial charge in [-0.25, -0.2) is 4.99 Å². The third-order valence-corrected chi connectivity index (χ3v) is 10.3. The van der Waals surface area contributed by atoms with E-state index in [0.717, 1.165) is 33.9 Å². The molecule has 0 fully saturated rings. The molecule has 9 aromatic rings. The molecule has 1 unspecified atom stereocenters. The number of aliphatic imine (C=N–C) groups is 1. The largest absolute Gasteiger partial charge is 0.343 e. The van der Waals surface area contributed by atoms with Crippen molar-refractivity contribution in [2.75, 3.05) is 0 Å². The Morgan fingerprint density at radius 1 is 0.568 bits per heavy atom. The van der Waals surface area contributed by atoms with Crippen LogP contribution in [0.25, 0.3) is 63.5 Å². The molecule has 6 aromatic carbocycles. The number of nitrogens with one attached hydrogen (secondary N) is 1. The summed E-state index contributed by atoms with van der Waals surface area (Å²) in [7, 11) is 0. The SMILES string of the molecule is c1ccc(C2NC(n3c4ccccc4c4c5c(ccc43)c3ccccc3c3sc4ccccc4c35)=Nc3cccnc32)cc1. The van der Waals surface area contributed by atoms with Crippen LogP contribution in [0.3, 0.4) is 0 Å². The predicted octanol–water partition coefficient (Wildman–Crippen LogP) is 10.1. The van der Waals surface area contributed by atoms with Gasteiger partial charge in [0, 0.05) is 47.9 Å². The van der Waals surface area contributed by atoms with Crippen LogP contribution in [0.15, 0.2) is 139 Å². The summed E-state index contributed by atoms with van der Waals surface area (Å²) in [5.41, 5.74) is 5.24. The van der Waals surface area contributed by atoms with E-state index in [0.29, 0.717) is 0 Å². The van der Waals surface area contributed by atoms with E-state index in [4.69, 9.17) is 9.98 Å². The van der Waals surface area contributed by atoms with Gasteiger partial charge in [-0.05, 0) is 46.7 Å². The van der Waals surface area contributed by atoms with Crippen molar-refractivity contribution in [3.05, 3.63) is 145 Å². The molecule has 206 valence electrons. The van der Waals surface area contributed by atoms with E-state index in [2.05, 4.69) is 131 Å². The number of para-hydroxylation sites is 1. The molecule has 0 amide bonds. The Kier molecular flexibility index (Phi) is 4.90. The van der Waals surface area contributed by atoms with Crippen molar-refractivity contribution in [2.24, 2.45) is 4.99 Å². The quantitative estimate of drug-likeness (QED) is 0.196. The number of hydrogen-bond acceptors (Lipinski definition) is 4. The number of rotatable bonds is 1. The molecule has 4 nitrogen and oxygen atoms in total. The molecule has 0 saturated carbocycles. The van der Waals surface area contributed by atoms with Gasteiger partial charge in [-0.3, -0.25) is 9.55 Å². The highest BCUT2D eigenvalue weighted by atomic mass is 32.1. The van der Waals surface area contributed by atoms with Gasteiger partial charge in [-0.2, -0.15) is 0 Å². The zero-order valence-corrected chi connectivity index (χ0v) is 24.3. The van der Waals surface area contributed by atoms with E-state index in [-0.39, 0.29) is 6.04 Å². The van der Waals surface area contributed by atoms with Gasteiger partial charge < -0.3 is 5.32 Å². The fraction of sp³-hybridized carbons (Fsp3) is 0.0256. The van der Waals surface area contributed by atoms with E-state index in [1.165, 1.54) is 52.5 Å². The molecule has 1 N–H and O–H groups in total. The Balaban J connectivity index is 1.37. The van der Waals surface area contributed by atoms with Gasteiger partial charge in [0.15, 0.2) is 0 Å². The lowest BCUT2D eigenvalue weighted by Crippen LogP contribution is -2.37. The van der Waals surface area contributed by atoms with Crippen LogP contribution in [0.2, 0.25) is 0 Å². The molecule has 5 heteroatoms. The maximum atomic E-state index is 5.20. The maximum Gasteiger partial charge on any atom is 0.209 e. The number of aromatic nitrogens is 2. The molecule has 1 aliphatic rings. The van der Waals surface area contributed by atoms with Crippen molar-refractivity contribution in [1.29, 1.82) is 0 Å². The summed E-state index contributed by atoms with van der Waals surface area (Å²) in [5, 5.41) is 14.1. The number of pyridine rings is 1. The van der Waals surface area contributed by atoms with Crippen molar-refractivity contribution < 1.29 is 0 Å². The molecule has 44 heavy (non-hydrogen) atoms. The van der Waals surface area contributed by atoms with Crippen LogP contribution in [0.1, 0.15) is 17.3 Å². The predicted molar refractivity (Wildman–Crippen MR) is 185 cm³/mol. The molecule has 3 aromatic heterocycles. The monoisotopic (exact) mass is 580 g/mol. The normalized spacial score (nSPS) is 14.9. The molecule has 0 saturated heterocycles. The van der Waals surface area contributed by atoms with E-state index in [1.807, 2.05) is 23.6 Å². The average molecular weight is 581 g/mol. The lowest BCUT2D eigenvalue weighted by Gasteiger charge is -2.27. The highest BCUT2D eigenvalue weighted by Gasteiger charge is 2.28. The van der Waals surface area contributed by atoms with E-state index in [9.17, 15) is 0 Å². The number of benzene rings is 6. The van der Waals surface area contributed by atoms with Crippen LogP contribution in [0.5, 0.6) is 0 Å². The van der Waals surface area contributed by atoms with Gasteiger partial charge in [0.2, 0.25) is 5.96 Å². The Labute approximate surface area is 256 Å². The van der Waals surface area contributed by atoms with Crippen LogP contribution in [0, 0.1) is 0 Å². The van der Waals surface area contributed by atoms with Gasteiger partial charge in [0.05, 0.1) is 28.5 Å². The van der Waals surface area contributed by atoms with E-state index < -0.39 is 0 Å². The van der Waals surface area contributed by atoms with Gasteiger partial charge in [0.25, 0.3) is 0 Å². The molecule has 0 spiro atoms. The second-order valence-corrected chi connectivity index (χ2v) is 12.5. The van der Waals surface area contributed by atoms with E-state index in [1.54, 1.807) is 0 Å². The molecule has 1 aliphatic heterocycles. The molecule has 0 bridgehead atoms. The Morgan fingerprint density at radius 3 is 2.20 bits per heavy atom. The summed E-state index contributed by atoms with van der Waals surface area (Å²) in [4.78, 5) is 9.97. The molecule has 0 radical (unpaired) electrons. The minimum atomic E-state index is -0.118. The van der Waals surface area contributed by atoms with Gasteiger partial charge in [0.1, 0.15) is 0 Å². The van der Waals surface area contributed by atoms with Crippen LogP contribution in [0.4, 0.5) is 5.69 Å². The smallest absolute Gasteiger partial charge is 0.209 e. The van der Waals surface area contributed by atoms with E-state index >= 15 is 0 Å². The average Bonchev–Trinajstić information content (AvgIpc) is 3.65. The van der Waals surface area contributed by atoms with Crippen molar-refractivity contribution in [3.8, 4) is 0 Å². The first-order valence-corrected chi connectivity index (χ1v) is 15.7. The fourth-order valence-corrected chi connectivity index (χ4v) is 8.49. The zero-order chi connectivity index (χ0) is 28.8. The van der Waals surface area contributed by atoms with Gasteiger partial charge in [-0.1, -0.05) is 97.1 Å². The summed E-state index contributed by atoms with van der Waals surface area (Å²) in [6, 6.07) is 45.5. The van der Waals surface area contributed by atoms with Crippen molar-refractivity contribution in [1.82, 2.24) is 14.9 Å². The highest BCUT2D eigenvalue weighted by molar-refractivity contribution is 7.27. The molecule has 4 heterocycles. The Morgan fingerprint density at radius 2 is 1.32 bits per heavy atom. The lowest BCUT2D eigenvalue weighted by atomic mass is 9.94. The fourth-order valence-electron chi connectivity index (χ4n) is 7.24. The second-order valence-electron chi connectivity index (χ2n) is 11.4. The summed E-state index contributed by atoms with van der Waals surface area (Å²) in [5.74, 6) is 0.803. The molecular weight excluding hydrogens is 557 g/mol. The van der Waals surface area contributed by atoms with Gasteiger partial charge >= 0.3 is 0 Å². The molecular formula is C39H24N4S. The van der Waals surface area contributed by atoms with Crippen LogP contribution < -0.4 is 5.32 Å². The first-order valence-electron chi connectivity index (χ1n) is 14.9. The summed E-state index contributed by atoms with van der Waals surface area (Å²) >= 11 is 1.90. The van der Waals surface area contributed by atoms with Crippen molar-refractivity contribution in [3.63, 3.8) is 0 Å². The Bertz CT molecular complexity index is 2650. The number of hydrogen-bond donors (Lipinski definition) is 1. The van der Waals surface area contributed by atoms with Gasteiger partial charge in [-0.15, -0.1) is 11.3 Å². The zero-order valence-electron chi connectivity index (χ0n) is 23.5. The van der Waals surface area contributed by atoms with Crippen LogP contribution in [-0.2, 0) is 0 Å². The van der Waals surface area contributed by atoms with Crippen molar-refractivity contribution >= 4 is 86.5 Å². The minimum Gasteiger partial charge on any atom is -0.343 e. The van der Waals surface area contributed by atoms with Crippen molar-refractivity contribution in [2.45, 2.75) is 6.04 Å². The maximum absolute atomic E-state index is 5.20. The standard InChI is InChI=1S/C39H24N4S/c1-2-11-23(12-3-1)36-37-29(17-10-22-40-37)41-39(42-36)43-30-18-8-6-15-27(30)33-31(43)21-20-25-24-13-4-5-14-26(24)38-35(34(25)33)28-16-7-9-19-32(28)44-38/h1-22,36H,(H,41,42). The topological polar surface area (TPSA) is 42.2 Å².